The van der Waals surface area contributed by atoms with Gasteiger partial charge in [-0.1, -0.05) is 40.2 Å². The van der Waals surface area contributed by atoms with E-state index in [1.807, 2.05) is 36.4 Å². The van der Waals surface area contributed by atoms with Crippen LogP contribution < -0.4 is 4.74 Å². The van der Waals surface area contributed by atoms with Crippen LogP contribution >= 0.6 is 15.9 Å². The largest absolute Gasteiger partial charge is 0.465 e. The van der Waals surface area contributed by atoms with E-state index in [9.17, 15) is 4.79 Å². The summed E-state index contributed by atoms with van der Waals surface area (Å²) in [6.07, 6.45) is 0. The molecule has 2 aromatic carbocycles. The van der Waals surface area contributed by atoms with Gasteiger partial charge in [-0.2, -0.15) is 0 Å². The molecule has 0 N–H and O–H groups in total. The van der Waals surface area contributed by atoms with E-state index < -0.39 is 5.97 Å². The summed E-state index contributed by atoms with van der Waals surface area (Å²) in [6.45, 7) is 0. The number of alkyl halides is 1. The average Bonchev–Trinajstić information content (AvgIpc) is 2.48. The third-order valence-electron chi connectivity index (χ3n) is 2.57. The summed E-state index contributed by atoms with van der Waals surface area (Å²) in [6, 6.07) is 14.8. The number of carbonyl (C=O) groups is 1. The van der Waals surface area contributed by atoms with Gasteiger partial charge in [-0.15, -0.1) is 0 Å². The molecule has 0 saturated heterocycles. The number of methoxy groups -OCH3 is 1. The van der Waals surface area contributed by atoms with Crippen LogP contribution in [-0.4, -0.2) is 13.1 Å². The number of carbonyl (C=O) groups excluding carboxylic acids is 1. The number of ether oxygens (including phenoxy) is 2. The lowest BCUT2D eigenvalue weighted by Crippen LogP contribution is -2.04. The van der Waals surface area contributed by atoms with Gasteiger partial charge in [0.1, 0.15) is 17.1 Å². The van der Waals surface area contributed by atoms with E-state index in [0.717, 1.165) is 5.56 Å². The maximum Gasteiger partial charge on any atom is 0.341 e. The first kappa shape index (κ1) is 13.6. The average molecular weight is 321 g/mol. The van der Waals surface area contributed by atoms with Gasteiger partial charge in [-0.05, 0) is 29.8 Å². The van der Waals surface area contributed by atoms with Crippen molar-refractivity contribution in [3.05, 3.63) is 59.7 Å². The molecule has 0 heterocycles. The molecule has 0 spiro atoms. The summed E-state index contributed by atoms with van der Waals surface area (Å²) in [5.41, 5.74) is 1.41. The van der Waals surface area contributed by atoms with Crippen LogP contribution in [0.1, 0.15) is 15.9 Å². The van der Waals surface area contributed by atoms with Crippen molar-refractivity contribution in [2.45, 2.75) is 5.33 Å². The molecule has 0 radical (unpaired) electrons. The van der Waals surface area contributed by atoms with E-state index in [0.29, 0.717) is 22.4 Å². The van der Waals surface area contributed by atoms with Gasteiger partial charge in [0.25, 0.3) is 0 Å². The quantitative estimate of drug-likeness (QED) is 0.626. The molecule has 0 bridgehead atoms. The first-order chi connectivity index (χ1) is 9.24. The molecule has 0 saturated carbocycles. The maximum atomic E-state index is 11.8. The molecule has 0 aromatic heterocycles. The van der Waals surface area contributed by atoms with E-state index in [1.165, 1.54) is 7.11 Å². The Balaban J connectivity index is 2.36. The molecular formula is C15H13BrO3. The Kier molecular flexibility index (Phi) is 4.58. The molecule has 98 valence electrons. The monoisotopic (exact) mass is 320 g/mol. The standard InChI is InChI=1S/C15H13BrO3/c1-18-15(17)13-9-11(10-16)7-8-14(13)19-12-5-3-2-4-6-12/h2-9H,10H2,1H3. The smallest absolute Gasteiger partial charge is 0.341 e. The van der Waals surface area contributed by atoms with Gasteiger partial charge in [0.05, 0.1) is 7.11 Å². The molecular weight excluding hydrogens is 308 g/mol. The van der Waals surface area contributed by atoms with Gasteiger partial charge in [0.15, 0.2) is 0 Å². The predicted octanol–water partition coefficient (Wildman–Crippen LogP) is 4.16. The molecule has 0 atom stereocenters. The number of hydrogen-bond donors (Lipinski definition) is 0. The van der Waals surface area contributed by atoms with Gasteiger partial charge in [-0.3, -0.25) is 0 Å². The Bertz CT molecular complexity index is 567. The van der Waals surface area contributed by atoms with Gasteiger partial charge >= 0.3 is 5.97 Å². The van der Waals surface area contributed by atoms with Crippen molar-refractivity contribution in [3.63, 3.8) is 0 Å². The molecule has 0 unspecified atom stereocenters. The summed E-state index contributed by atoms with van der Waals surface area (Å²) >= 11 is 3.36. The van der Waals surface area contributed by atoms with Crippen molar-refractivity contribution in [2.75, 3.05) is 7.11 Å². The highest BCUT2D eigenvalue weighted by Crippen LogP contribution is 2.27. The third-order valence-corrected chi connectivity index (χ3v) is 3.22. The molecule has 4 heteroatoms. The highest BCUT2D eigenvalue weighted by Gasteiger charge is 2.14. The Labute approximate surface area is 120 Å². The van der Waals surface area contributed by atoms with Crippen LogP contribution in [0.2, 0.25) is 0 Å². The van der Waals surface area contributed by atoms with Crippen LogP contribution in [0.5, 0.6) is 11.5 Å². The van der Waals surface area contributed by atoms with Crippen molar-refractivity contribution in [1.29, 1.82) is 0 Å². The summed E-state index contributed by atoms with van der Waals surface area (Å²) < 4.78 is 10.5. The van der Waals surface area contributed by atoms with Crippen LogP contribution in [0.15, 0.2) is 48.5 Å². The fraction of sp³-hybridized carbons (Fsp3) is 0.133. The van der Waals surface area contributed by atoms with Crippen molar-refractivity contribution >= 4 is 21.9 Å². The second kappa shape index (κ2) is 6.38. The fourth-order valence-electron chi connectivity index (χ4n) is 1.63. The summed E-state index contributed by atoms with van der Waals surface area (Å²) in [4.78, 5) is 11.8. The number of halogens is 1. The van der Waals surface area contributed by atoms with E-state index in [2.05, 4.69) is 15.9 Å². The zero-order valence-electron chi connectivity index (χ0n) is 10.4. The molecule has 19 heavy (non-hydrogen) atoms. The highest BCUT2D eigenvalue weighted by atomic mass is 79.9. The third kappa shape index (κ3) is 3.35. The first-order valence-corrected chi connectivity index (χ1v) is 6.87. The number of benzene rings is 2. The SMILES string of the molecule is COC(=O)c1cc(CBr)ccc1Oc1ccccc1. The van der Waals surface area contributed by atoms with Gasteiger partial charge in [0, 0.05) is 5.33 Å². The van der Waals surface area contributed by atoms with Crippen molar-refractivity contribution in [1.82, 2.24) is 0 Å². The molecule has 0 aliphatic carbocycles. The lowest BCUT2D eigenvalue weighted by molar-refractivity contribution is 0.0598. The first-order valence-electron chi connectivity index (χ1n) is 5.74. The van der Waals surface area contributed by atoms with Crippen LogP contribution in [-0.2, 0) is 10.1 Å². The second-order valence-corrected chi connectivity index (χ2v) is 4.43. The molecule has 0 aliphatic heterocycles. The van der Waals surface area contributed by atoms with E-state index in [1.54, 1.807) is 12.1 Å². The summed E-state index contributed by atoms with van der Waals surface area (Å²) in [7, 11) is 1.36. The second-order valence-electron chi connectivity index (χ2n) is 3.87. The topological polar surface area (TPSA) is 35.5 Å². The maximum absolute atomic E-state index is 11.8. The lowest BCUT2D eigenvalue weighted by Gasteiger charge is -2.11. The van der Waals surface area contributed by atoms with Crippen LogP contribution in [0.3, 0.4) is 0 Å². The van der Waals surface area contributed by atoms with E-state index in [4.69, 9.17) is 9.47 Å². The minimum Gasteiger partial charge on any atom is -0.465 e. The van der Waals surface area contributed by atoms with Crippen LogP contribution in [0, 0.1) is 0 Å². The lowest BCUT2D eigenvalue weighted by atomic mass is 10.1. The zero-order chi connectivity index (χ0) is 13.7. The van der Waals surface area contributed by atoms with Gasteiger partial charge in [-0.25, -0.2) is 4.79 Å². The fourth-order valence-corrected chi connectivity index (χ4v) is 1.98. The number of rotatable bonds is 4. The van der Waals surface area contributed by atoms with Crippen LogP contribution in [0.4, 0.5) is 0 Å². The van der Waals surface area contributed by atoms with Crippen molar-refractivity contribution in [2.24, 2.45) is 0 Å². The highest BCUT2D eigenvalue weighted by molar-refractivity contribution is 9.08. The van der Waals surface area contributed by atoms with Crippen molar-refractivity contribution in [3.8, 4) is 11.5 Å². The molecule has 0 amide bonds. The number of hydrogen-bond acceptors (Lipinski definition) is 3. The Morgan fingerprint density at radius 1 is 1.16 bits per heavy atom. The van der Waals surface area contributed by atoms with Gasteiger partial charge in [0.2, 0.25) is 0 Å². The normalized spacial score (nSPS) is 10.0. The Hall–Kier alpha value is -1.81. The van der Waals surface area contributed by atoms with Crippen molar-refractivity contribution < 1.29 is 14.3 Å². The van der Waals surface area contributed by atoms with E-state index in [-0.39, 0.29) is 0 Å². The minimum absolute atomic E-state index is 0.409. The molecule has 2 aromatic rings. The summed E-state index contributed by atoms with van der Waals surface area (Å²) in [5, 5.41) is 0.669. The predicted molar refractivity (Wildman–Crippen MR) is 76.9 cm³/mol. The minimum atomic E-state index is -0.409. The number of esters is 1. The molecule has 3 nitrogen and oxygen atoms in total. The van der Waals surface area contributed by atoms with Crippen LogP contribution in [0.25, 0.3) is 0 Å². The molecule has 2 rings (SSSR count). The molecule has 0 fully saturated rings. The summed E-state index contributed by atoms with van der Waals surface area (Å²) in [5.74, 6) is 0.760. The Morgan fingerprint density at radius 3 is 2.53 bits per heavy atom. The van der Waals surface area contributed by atoms with Gasteiger partial charge < -0.3 is 9.47 Å². The van der Waals surface area contributed by atoms with E-state index >= 15 is 0 Å². The molecule has 0 aliphatic rings. The number of para-hydroxylation sites is 1. The Morgan fingerprint density at radius 2 is 1.89 bits per heavy atom. The zero-order valence-corrected chi connectivity index (χ0v) is 12.0.